The standard InChI is InChI=1S/C12H18/c1-2-11-4-3-9-7-12(9)6-8(5-11)10(11)12/h8-10H,2-7H2,1H3/t8-,9+,10+,11-,12+/m1/s1. The Hall–Kier alpha value is 0. The van der Waals surface area contributed by atoms with Gasteiger partial charge in [0, 0.05) is 0 Å². The summed E-state index contributed by atoms with van der Waals surface area (Å²) in [4.78, 5) is 0. The first-order valence-electron chi connectivity index (χ1n) is 5.81. The molecule has 66 valence electrons. The van der Waals surface area contributed by atoms with E-state index in [1.54, 1.807) is 32.1 Å². The first kappa shape index (κ1) is 6.45. The summed E-state index contributed by atoms with van der Waals surface area (Å²) in [6, 6.07) is 0. The lowest BCUT2D eigenvalue weighted by molar-refractivity contribution is -0.210. The van der Waals surface area contributed by atoms with Gasteiger partial charge in [0.15, 0.2) is 0 Å². The molecule has 0 aliphatic heterocycles. The minimum Gasteiger partial charge on any atom is -0.0648 e. The quantitative estimate of drug-likeness (QED) is 0.555. The molecular formula is C12H18. The Morgan fingerprint density at radius 2 is 2.17 bits per heavy atom. The average Bonchev–Trinajstić information content (AvgIpc) is 2.68. The Morgan fingerprint density at radius 3 is 2.92 bits per heavy atom. The van der Waals surface area contributed by atoms with Gasteiger partial charge >= 0.3 is 0 Å². The second kappa shape index (κ2) is 1.51. The number of rotatable bonds is 1. The van der Waals surface area contributed by atoms with Crippen molar-refractivity contribution >= 4 is 0 Å². The van der Waals surface area contributed by atoms with E-state index >= 15 is 0 Å². The SMILES string of the molecule is CC[C@@]12CC[C@H]3C[C@@]34C[C@@H](C1)[C@@H]24. The Kier molecular flexibility index (Phi) is 0.811. The Labute approximate surface area is 74.7 Å². The first-order valence-corrected chi connectivity index (χ1v) is 5.81. The van der Waals surface area contributed by atoms with Crippen LogP contribution in [0, 0.1) is 28.6 Å². The molecule has 0 heteroatoms. The van der Waals surface area contributed by atoms with E-state index in [0.29, 0.717) is 0 Å². The van der Waals surface area contributed by atoms with Crippen molar-refractivity contribution in [1.29, 1.82) is 0 Å². The molecule has 0 aromatic rings. The van der Waals surface area contributed by atoms with Gasteiger partial charge in [-0.15, -0.1) is 0 Å². The van der Waals surface area contributed by atoms with E-state index in [1.165, 1.54) is 24.2 Å². The average molecular weight is 162 g/mol. The van der Waals surface area contributed by atoms with Crippen molar-refractivity contribution in [2.45, 2.75) is 45.4 Å². The minimum atomic E-state index is 0.885. The van der Waals surface area contributed by atoms with Crippen LogP contribution in [-0.2, 0) is 0 Å². The molecule has 4 saturated carbocycles. The summed E-state index contributed by atoms with van der Waals surface area (Å²) in [5.74, 6) is 3.64. The van der Waals surface area contributed by atoms with Crippen molar-refractivity contribution in [3.8, 4) is 0 Å². The van der Waals surface area contributed by atoms with E-state index in [2.05, 4.69) is 6.92 Å². The van der Waals surface area contributed by atoms with Crippen LogP contribution in [-0.4, -0.2) is 0 Å². The molecule has 4 aliphatic carbocycles. The van der Waals surface area contributed by atoms with Crippen LogP contribution in [0.5, 0.6) is 0 Å². The Balaban J connectivity index is 1.76. The Bertz CT molecular complexity index is 257. The van der Waals surface area contributed by atoms with Gasteiger partial charge < -0.3 is 0 Å². The third-order valence-corrected chi connectivity index (χ3v) is 6.04. The second-order valence-corrected chi connectivity index (χ2v) is 6.03. The molecule has 0 aromatic carbocycles. The third kappa shape index (κ3) is 0.418. The Morgan fingerprint density at radius 1 is 1.25 bits per heavy atom. The smallest absolute Gasteiger partial charge is 0.0227 e. The summed E-state index contributed by atoms with van der Waals surface area (Å²) < 4.78 is 0. The van der Waals surface area contributed by atoms with Crippen molar-refractivity contribution in [3.63, 3.8) is 0 Å². The van der Waals surface area contributed by atoms with Gasteiger partial charge in [0.05, 0.1) is 0 Å². The monoisotopic (exact) mass is 162 g/mol. The molecule has 5 atom stereocenters. The lowest BCUT2D eigenvalue weighted by atomic mass is 9.35. The molecule has 0 radical (unpaired) electrons. The van der Waals surface area contributed by atoms with Gasteiger partial charge in [-0.05, 0) is 60.7 Å². The van der Waals surface area contributed by atoms with Crippen LogP contribution in [0.15, 0.2) is 0 Å². The molecule has 0 unspecified atom stereocenters. The highest BCUT2D eigenvalue weighted by Gasteiger charge is 2.78. The fourth-order valence-corrected chi connectivity index (χ4v) is 5.51. The lowest BCUT2D eigenvalue weighted by Crippen LogP contribution is -2.62. The number of hydrogen-bond donors (Lipinski definition) is 0. The van der Waals surface area contributed by atoms with Crippen LogP contribution in [0.4, 0.5) is 0 Å². The van der Waals surface area contributed by atoms with Gasteiger partial charge in [0.1, 0.15) is 0 Å². The van der Waals surface area contributed by atoms with Gasteiger partial charge in [0.2, 0.25) is 0 Å². The zero-order valence-electron chi connectivity index (χ0n) is 7.97. The molecule has 0 N–H and O–H groups in total. The molecule has 1 spiro atoms. The molecule has 4 fully saturated rings. The van der Waals surface area contributed by atoms with Crippen molar-refractivity contribution in [1.82, 2.24) is 0 Å². The molecule has 0 amide bonds. The fraction of sp³-hybridized carbons (Fsp3) is 1.00. The highest BCUT2D eigenvalue weighted by Crippen LogP contribution is 2.86. The summed E-state index contributed by atoms with van der Waals surface area (Å²) in [6.45, 7) is 2.44. The molecule has 0 saturated heterocycles. The maximum Gasteiger partial charge on any atom is -0.0227 e. The second-order valence-electron chi connectivity index (χ2n) is 6.03. The fourth-order valence-electron chi connectivity index (χ4n) is 5.51. The predicted molar refractivity (Wildman–Crippen MR) is 48.7 cm³/mol. The maximum atomic E-state index is 2.44. The van der Waals surface area contributed by atoms with Gasteiger partial charge in [-0.3, -0.25) is 0 Å². The van der Waals surface area contributed by atoms with Crippen molar-refractivity contribution < 1.29 is 0 Å². The van der Waals surface area contributed by atoms with Crippen LogP contribution >= 0.6 is 0 Å². The molecule has 0 bridgehead atoms. The van der Waals surface area contributed by atoms with E-state index in [9.17, 15) is 0 Å². The minimum absolute atomic E-state index is 0.885. The zero-order valence-corrected chi connectivity index (χ0v) is 7.97. The summed E-state index contributed by atoms with van der Waals surface area (Å²) in [7, 11) is 0. The van der Waals surface area contributed by atoms with Crippen LogP contribution < -0.4 is 0 Å². The molecule has 0 heterocycles. The zero-order chi connectivity index (χ0) is 7.97. The van der Waals surface area contributed by atoms with E-state index in [4.69, 9.17) is 0 Å². The molecule has 0 aromatic heterocycles. The highest BCUT2D eigenvalue weighted by molar-refractivity contribution is 5.27. The van der Waals surface area contributed by atoms with E-state index in [-0.39, 0.29) is 0 Å². The summed E-state index contributed by atoms with van der Waals surface area (Å²) in [6.07, 6.45) is 9.57. The molecule has 4 rings (SSSR count). The van der Waals surface area contributed by atoms with Crippen LogP contribution in [0.1, 0.15) is 45.4 Å². The van der Waals surface area contributed by atoms with Gasteiger partial charge in [-0.1, -0.05) is 13.3 Å². The van der Waals surface area contributed by atoms with E-state index in [0.717, 1.165) is 10.8 Å². The predicted octanol–water partition coefficient (Wildman–Crippen LogP) is 3.22. The van der Waals surface area contributed by atoms with Crippen LogP contribution in [0.2, 0.25) is 0 Å². The summed E-state index contributed by atoms with van der Waals surface area (Å²) in [5.41, 5.74) is 1.85. The van der Waals surface area contributed by atoms with Crippen LogP contribution in [0.25, 0.3) is 0 Å². The highest BCUT2D eigenvalue weighted by atomic mass is 14.8. The number of hydrogen-bond acceptors (Lipinski definition) is 0. The first-order chi connectivity index (χ1) is 5.81. The van der Waals surface area contributed by atoms with Crippen molar-refractivity contribution in [2.24, 2.45) is 28.6 Å². The molecule has 12 heavy (non-hydrogen) atoms. The van der Waals surface area contributed by atoms with Crippen molar-refractivity contribution in [3.05, 3.63) is 0 Å². The third-order valence-electron chi connectivity index (χ3n) is 6.04. The van der Waals surface area contributed by atoms with Crippen molar-refractivity contribution in [2.75, 3.05) is 0 Å². The normalized spacial score (nSPS) is 70.2. The van der Waals surface area contributed by atoms with Gasteiger partial charge in [-0.2, -0.15) is 0 Å². The summed E-state index contributed by atoms with van der Waals surface area (Å²) >= 11 is 0. The van der Waals surface area contributed by atoms with Gasteiger partial charge in [0.25, 0.3) is 0 Å². The van der Waals surface area contributed by atoms with Gasteiger partial charge in [-0.25, -0.2) is 0 Å². The van der Waals surface area contributed by atoms with E-state index in [1.807, 2.05) is 0 Å². The van der Waals surface area contributed by atoms with Crippen LogP contribution in [0.3, 0.4) is 0 Å². The maximum absolute atomic E-state index is 2.44. The topological polar surface area (TPSA) is 0 Å². The summed E-state index contributed by atoms with van der Waals surface area (Å²) in [5, 5.41) is 0. The molecule has 4 aliphatic rings. The lowest BCUT2D eigenvalue weighted by Gasteiger charge is -2.70. The van der Waals surface area contributed by atoms with E-state index < -0.39 is 0 Å². The molecular weight excluding hydrogens is 144 g/mol. The molecule has 0 nitrogen and oxygen atoms in total. The largest absolute Gasteiger partial charge is 0.0648 e.